The molecule has 0 spiro atoms. The van der Waals surface area contributed by atoms with E-state index in [1.165, 1.54) is 16.7 Å². The molecule has 6 heteroatoms. The van der Waals surface area contributed by atoms with E-state index in [1.807, 2.05) is 30.5 Å². The SMILES string of the molecule is Cc1ccc(CCC(=O)Nc2cccc3c(=O)n(CCN4CCOCC4)ccc23)c(C)c1. The number of morpholine rings is 1. The minimum atomic E-state index is -0.0472. The maximum Gasteiger partial charge on any atom is 0.258 e. The van der Waals surface area contributed by atoms with Gasteiger partial charge in [-0.3, -0.25) is 14.5 Å². The van der Waals surface area contributed by atoms with Gasteiger partial charge in [-0.1, -0.05) is 29.8 Å². The fourth-order valence-corrected chi connectivity index (χ4v) is 4.26. The van der Waals surface area contributed by atoms with Crippen molar-refractivity contribution < 1.29 is 9.53 Å². The maximum absolute atomic E-state index is 13.0. The molecule has 0 unspecified atom stereocenters. The summed E-state index contributed by atoms with van der Waals surface area (Å²) in [6.45, 7) is 8.92. The lowest BCUT2D eigenvalue weighted by Crippen LogP contribution is -2.39. The molecule has 168 valence electrons. The average Bonchev–Trinajstić information content (AvgIpc) is 2.79. The molecule has 4 rings (SSSR count). The second-order valence-corrected chi connectivity index (χ2v) is 8.51. The number of pyridine rings is 1. The number of anilines is 1. The highest BCUT2D eigenvalue weighted by atomic mass is 16.5. The molecule has 32 heavy (non-hydrogen) atoms. The average molecular weight is 434 g/mol. The van der Waals surface area contributed by atoms with Gasteiger partial charge in [0.05, 0.1) is 13.2 Å². The van der Waals surface area contributed by atoms with Crippen LogP contribution in [0, 0.1) is 13.8 Å². The molecule has 1 fully saturated rings. The van der Waals surface area contributed by atoms with Crippen LogP contribution in [0.4, 0.5) is 5.69 Å². The number of hydrogen-bond acceptors (Lipinski definition) is 4. The number of aryl methyl sites for hydroxylation is 3. The van der Waals surface area contributed by atoms with Gasteiger partial charge in [0, 0.05) is 55.3 Å². The molecule has 2 aromatic carbocycles. The van der Waals surface area contributed by atoms with Crippen LogP contribution in [-0.4, -0.2) is 48.2 Å². The summed E-state index contributed by atoms with van der Waals surface area (Å²) in [5.41, 5.74) is 4.28. The first-order valence-electron chi connectivity index (χ1n) is 11.3. The van der Waals surface area contributed by atoms with Crippen LogP contribution in [0.15, 0.2) is 53.5 Å². The van der Waals surface area contributed by atoms with Crippen LogP contribution in [0.1, 0.15) is 23.1 Å². The standard InChI is InChI=1S/C26H31N3O3/c1-19-6-7-21(20(2)18-19)8-9-25(30)27-24-5-3-4-23-22(24)10-11-29(26(23)31)13-12-28-14-16-32-17-15-28/h3-7,10-11,18H,8-9,12-17H2,1-2H3,(H,27,30). The van der Waals surface area contributed by atoms with Crippen molar-refractivity contribution in [1.82, 2.24) is 9.47 Å². The van der Waals surface area contributed by atoms with E-state index in [-0.39, 0.29) is 11.5 Å². The first kappa shape index (κ1) is 22.2. The Balaban J connectivity index is 1.44. The summed E-state index contributed by atoms with van der Waals surface area (Å²) in [5, 5.41) is 4.41. The summed E-state index contributed by atoms with van der Waals surface area (Å²) < 4.78 is 7.14. The Bertz CT molecular complexity index is 1160. The van der Waals surface area contributed by atoms with Gasteiger partial charge in [0.2, 0.25) is 5.91 Å². The summed E-state index contributed by atoms with van der Waals surface area (Å²) in [5.74, 6) is -0.0472. The number of carbonyl (C=O) groups is 1. The molecular weight excluding hydrogens is 402 g/mol. The predicted octanol–water partition coefficient (Wildman–Crippen LogP) is 3.52. The van der Waals surface area contributed by atoms with Crippen LogP contribution >= 0.6 is 0 Å². The number of amides is 1. The van der Waals surface area contributed by atoms with E-state index in [0.717, 1.165) is 38.2 Å². The Morgan fingerprint density at radius 2 is 1.84 bits per heavy atom. The summed E-state index contributed by atoms with van der Waals surface area (Å²) >= 11 is 0. The summed E-state index contributed by atoms with van der Waals surface area (Å²) in [6, 6.07) is 13.8. The zero-order valence-corrected chi connectivity index (χ0v) is 18.9. The molecule has 1 aromatic heterocycles. The number of fused-ring (bicyclic) bond motifs is 1. The van der Waals surface area contributed by atoms with Crippen molar-refractivity contribution in [3.8, 4) is 0 Å². The molecule has 1 saturated heterocycles. The van der Waals surface area contributed by atoms with Crippen molar-refractivity contribution in [3.63, 3.8) is 0 Å². The largest absolute Gasteiger partial charge is 0.379 e. The number of hydrogen-bond donors (Lipinski definition) is 1. The van der Waals surface area contributed by atoms with Gasteiger partial charge in [0.15, 0.2) is 0 Å². The molecule has 1 aliphatic heterocycles. The quantitative estimate of drug-likeness (QED) is 0.619. The van der Waals surface area contributed by atoms with Crippen molar-refractivity contribution in [3.05, 3.63) is 75.7 Å². The van der Waals surface area contributed by atoms with Gasteiger partial charge in [-0.05, 0) is 49.6 Å². The second kappa shape index (κ2) is 10.1. The highest BCUT2D eigenvalue weighted by Crippen LogP contribution is 2.21. The van der Waals surface area contributed by atoms with E-state index in [4.69, 9.17) is 4.74 Å². The van der Waals surface area contributed by atoms with Crippen LogP contribution in [0.2, 0.25) is 0 Å². The molecule has 0 aliphatic carbocycles. The van der Waals surface area contributed by atoms with Crippen LogP contribution in [0.25, 0.3) is 10.8 Å². The normalized spacial score (nSPS) is 14.6. The Kier molecular flexibility index (Phi) is 7.02. The highest BCUT2D eigenvalue weighted by Gasteiger charge is 2.13. The molecule has 6 nitrogen and oxygen atoms in total. The molecule has 0 atom stereocenters. The molecular formula is C26H31N3O3. The summed E-state index contributed by atoms with van der Waals surface area (Å²) in [6.07, 6.45) is 2.92. The van der Waals surface area contributed by atoms with Gasteiger partial charge in [-0.2, -0.15) is 0 Å². The van der Waals surface area contributed by atoms with Crippen LogP contribution in [0.3, 0.4) is 0 Å². The number of nitrogens with one attached hydrogen (secondary N) is 1. The molecule has 0 saturated carbocycles. The van der Waals surface area contributed by atoms with Gasteiger partial charge in [0.25, 0.3) is 5.56 Å². The van der Waals surface area contributed by atoms with E-state index in [9.17, 15) is 9.59 Å². The molecule has 1 amide bonds. The van der Waals surface area contributed by atoms with Gasteiger partial charge < -0.3 is 14.6 Å². The lowest BCUT2D eigenvalue weighted by molar-refractivity contribution is -0.116. The van der Waals surface area contributed by atoms with E-state index < -0.39 is 0 Å². The molecule has 3 aromatic rings. The Morgan fingerprint density at radius 3 is 2.62 bits per heavy atom. The van der Waals surface area contributed by atoms with Crippen molar-refractivity contribution >= 4 is 22.4 Å². The fraction of sp³-hybridized carbons (Fsp3) is 0.385. The van der Waals surface area contributed by atoms with Crippen molar-refractivity contribution in [1.29, 1.82) is 0 Å². The van der Waals surface area contributed by atoms with Gasteiger partial charge in [0.1, 0.15) is 0 Å². The van der Waals surface area contributed by atoms with Crippen LogP contribution in [0.5, 0.6) is 0 Å². The lowest BCUT2D eigenvalue weighted by Gasteiger charge is -2.26. The highest BCUT2D eigenvalue weighted by molar-refractivity contribution is 6.01. The van der Waals surface area contributed by atoms with E-state index in [2.05, 4.69) is 42.3 Å². The van der Waals surface area contributed by atoms with Crippen LogP contribution in [-0.2, 0) is 22.5 Å². The second-order valence-electron chi connectivity index (χ2n) is 8.51. The Hall–Kier alpha value is -2.96. The lowest BCUT2D eigenvalue weighted by atomic mass is 10.0. The smallest absolute Gasteiger partial charge is 0.258 e. The maximum atomic E-state index is 13.0. The number of carbonyl (C=O) groups excluding carboxylic acids is 1. The topological polar surface area (TPSA) is 63.6 Å². The monoisotopic (exact) mass is 433 g/mol. The van der Waals surface area contributed by atoms with Crippen molar-refractivity contribution in [2.45, 2.75) is 33.2 Å². The molecule has 1 N–H and O–H groups in total. The van der Waals surface area contributed by atoms with Crippen molar-refractivity contribution in [2.24, 2.45) is 0 Å². The molecule has 2 heterocycles. The number of rotatable bonds is 7. The molecule has 0 radical (unpaired) electrons. The number of benzene rings is 2. The van der Waals surface area contributed by atoms with Gasteiger partial charge in [-0.25, -0.2) is 0 Å². The molecule has 1 aliphatic rings. The molecule has 0 bridgehead atoms. The minimum Gasteiger partial charge on any atom is -0.379 e. The third-order valence-electron chi connectivity index (χ3n) is 6.17. The third-order valence-corrected chi connectivity index (χ3v) is 6.17. The third kappa shape index (κ3) is 5.26. The van der Waals surface area contributed by atoms with Crippen molar-refractivity contribution in [2.75, 3.05) is 38.2 Å². The zero-order chi connectivity index (χ0) is 22.5. The Labute approximate surface area is 188 Å². The van der Waals surface area contributed by atoms with E-state index >= 15 is 0 Å². The predicted molar refractivity (Wildman–Crippen MR) is 128 cm³/mol. The summed E-state index contributed by atoms with van der Waals surface area (Å²) in [4.78, 5) is 28.0. The van der Waals surface area contributed by atoms with Gasteiger partial charge >= 0.3 is 0 Å². The van der Waals surface area contributed by atoms with Crippen LogP contribution < -0.4 is 10.9 Å². The first-order valence-corrected chi connectivity index (χ1v) is 11.3. The number of ether oxygens (including phenoxy) is 1. The number of aromatic nitrogens is 1. The van der Waals surface area contributed by atoms with E-state index in [1.54, 1.807) is 4.57 Å². The Morgan fingerprint density at radius 1 is 1.03 bits per heavy atom. The fourth-order valence-electron chi connectivity index (χ4n) is 4.26. The first-order chi connectivity index (χ1) is 15.5. The number of nitrogens with zero attached hydrogens (tertiary/aromatic N) is 2. The summed E-state index contributed by atoms with van der Waals surface area (Å²) in [7, 11) is 0. The van der Waals surface area contributed by atoms with E-state index in [0.29, 0.717) is 30.5 Å². The minimum absolute atomic E-state index is 0.0258. The zero-order valence-electron chi connectivity index (χ0n) is 18.9. The van der Waals surface area contributed by atoms with Gasteiger partial charge in [-0.15, -0.1) is 0 Å².